The molecular weight excluding hydrogens is 601 g/mol. The number of aromatic nitrogens is 5. The lowest BCUT2D eigenvalue weighted by atomic mass is 10.2. The van der Waals surface area contributed by atoms with Crippen molar-refractivity contribution in [3.05, 3.63) is 72.4 Å². The van der Waals surface area contributed by atoms with Gasteiger partial charge in [0.05, 0.1) is 19.9 Å². The molecule has 0 amide bonds. The lowest BCUT2D eigenvalue weighted by molar-refractivity contribution is 0.171. The van der Waals surface area contributed by atoms with E-state index >= 15 is 0 Å². The van der Waals surface area contributed by atoms with Crippen molar-refractivity contribution in [2.75, 3.05) is 25.1 Å². The van der Waals surface area contributed by atoms with Crippen LogP contribution in [0.2, 0.25) is 25.7 Å². The van der Waals surface area contributed by atoms with Gasteiger partial charge in [-0.2, -0.15) is 0 Å². The van der Waals surface area contributed by atoms with Gasteiger partial charge in [0, 0.05) is 27.0 Å². The van der Waals surface area contributed by atoms with E-state index in [-0.39, 0.29) is 24.0 Å². The third kappa shape index (κ3) is 5.96. The van der Waals surface area contributed by atoms with Crippen LogP contribution in [-0.4, -0.2) is 71.8 Å². The summed E-state index contributed by atoms with van der Waals surface area (Å²) < 4.78 is 51.1. The van der Waals surface area contributed by atoms with Crippen molar-refractivity contribution >= 4 is 29.7 Å². The number of hydrogen-bond donors (Lipinski definition) is 1. The van der Waals surface area contributed by atoms with E-state index in [0.717, 1.165) is 0 Å². The number of hydrogen-bond acceptors (Lipinski definition) is 9. The molecule has 0 aliphatic heterocycles. The van der Waals surface area contributed by atoms with Crippen LogP contribution in [0.3, 0.4) is 0 Å². The number of nitrogens with zero attached hydrogens (tertiary/aromatic N) is 6. The van der Waals surface area contributed by atoms with E-state index in [9.17, 15) is 13.5 Å². The second-order valence-corrected chi connectivity index (χ2v) is 19.6. The predicted molar refractivity (Wildman–Crippen MR) is 171 cm³/mol. The number of rotatable bonds is 12. The van der Waals surface area contributed by atoms with E-state index in [1.165, 1.54) is 25.4 Å². The maximum absolute atomic E-state index is 14.6. The Hall–Kier alpha value is -4.14. The second-order valence-electron chi connectivity index (χ2n) is 11.8. The molecule has 0 fully saturated rings. The smallest absolute Gasteiger partial charge is 0.246 e. The fourth-order valence-electron chi connectivity index (χ4n) is 4.89. The first-order valence-corrected chi connectivity index (χ1v) is 19.4. The maximum atomic E-state index is 14.6. The summed E-state index contributed by atoms with van der Waals surface area (Å²) >= 11 is 0. The second kappa shape index (κ2) is 12.1. The molecule has 0 spiro atoms. The summed E-state index contributed by atoms with van der Waals surface area (Å²) in [5.74, 6) is 2.14. The number of aliphatic hydroxyl groups excluding tert-OH is 1. The number of furan rings is 1. The Morgan fingerprint density at radius 1 is 1.02 bits per heavy atom. The number of imidazole rings is 1. The van der Waals surface area contributed by atoms with E-state index in [1.807, 2.05) is 19.1 Å². The quantitative estimate of drug-likeness (QED) is 0.185. The summed E-state index contributed by atoms with van der Waals surface area (Å²) in [6.45, 7) is 9.90. The Morgan fingerprint density at radius 2 is 1.73 bits per heavy atom. The molecule has 0 bridgehead atoms. The zero-order valence-corrected chi connectivity index (χ0v) is 27.7. The lowest BCUT2D eigenvalue weighted by Gasteiger charge is -2.30. The minimum Gasteiger partial charge on any atom is -0.494 e. The molecular formula is C30H38N6O6SSi. The molecule has 2 unspecified atom stereocenters. The van der Waals surface area contributed by atoms with Gasteiger partial charge in [0.25, 0.3) is 0 Å². The molecule has 1 aromatic carbocycles. The van der Waals surface area contributed by atoms with E-state index in [0.29, 0.717) is 40.4 Å². The first-order valence-electron chi connectivity index (χ1n) is 14.2. The number of para-hydroxylation sites is 1. The van der Waals surface area contributed by atoms with Gasteiger partial charge in [-0.3, -0.25) is 4.57 Å². The third-order valence-corrected chi connectivity index (χ3v) is 11.3. The van der Waals surface area contributed by atoms with Crippen LogP contribution in [0.1, 0.15) is 24.5 Å². The third-order valence-electron chi connectivity index (χ3n) is 7.43. The Morgan fingerprint density at radius 3 is 2.32 bits per heavy atom. The first-order chi connectivity index (χ1) is 20.9. The van der Waals surface area contributed by atoms with Crippen LogP contribution in [0.5, 0.6) is 11.5 Å². The van der Waals surface area contributed by atoms with E-state index in [4.69, 9.17) is 13.9 Å². The summed E-state index contributed by atoms with van der Waals surface area (Å²) in [7, 11) is -3.01. The number of fused-ring (bicyclic) bond motifs is 1. The van der Waals surface area contributed by atoms with Crippen LogP contribution in [0.25, 0.3) is 22.9 Å². The topological polar surface area (TPSA) is 137 Å². The van der Waals surface area contributed by atoms with Gasteiger partial charge < -0.3 is 23.4 Å². The average Bonchev–Trinajstić information content (AvgIpc) is 3.73. The van der Waals surface area contributed by atoms with Gasteiger partial charge in [0.15, 0.2) is 5.76 Å². The SMILES string of the molecule is COc1cccc(OC)c1-n1c(-c2ccc(C)o2)nnc1N(CC[Si](C)(C)C)S(=O)(=O)C(C)C(O)c1cn2ccccc2n1. The van der Waals surface area contributed by atoms with Gasteiger partial charge in [-0.25, -0.2) is 17.7 Å². The van der Waals surface area contributed by atoms with Gasteiger partial charge in [-0.15, -0.1) is 10.2 Å². The van der Waals surface area contributed by atoms with Crippen LogP contribution in [-0.2, 0) is 10.0 Å². The van der Waals surface area contributed by atoms with Crippen LogP contribution >= 0.6 is 0 Å². The van der Waals surface area contributed by atoms with Crippen molar-refractivity contribution in [1.82, 2.24) is 24.1 Å². The molecule has 44 heavy (non-hydrogen) atoms. The number of ether oxygens (including phenoxy) is 2. The number of methoxy groups -OCH3 is 2. The molecule has 1 N–H and O–H groups in total. The number of aliphatic hydroxyl groups is 1. The van der Waals surface area contributed by atoms with Crippen molar-refractivity contribution in [1.29, 1.82) is 0 Å². The highest BCUT2D eigenvalue weighted by Crippen LogP contribution is 2.40. The zero-order chi connectivity index (χ0) is 31.8. The van der Waals surface area contributed by atoms with Crippen LogP contribution < -0.4 is 13.8 Å². The highest BCUT2D eigenvalue weighted by molar-refractivity contribution is 7.93. The Labute approximate surface area is 257 Å². The van der Waals surface area contributed by atoms with E-state index in [2.05, 4.69) is 34.8 Å². The van der Waals surface area contributed by atoms with Crippen LogP contribution in [0.15, 0.2) is 65.3 Å². The molecule has 0 radical (unpaired) electrons. The van der Waals surface area contributed by atoms with E-state index in [1.54, 1.807) is 57.8 Å². The Kier molecular flexibility index (Phi) is 8.60. The molecule has 234 valence electrons. The lowest BCUT2D eigenvalue weighted by Crippen LogP contribution is -2.44. The standard InChI is InChI=1S/C30H38N6O6SSi/c1-20-14-15-25(42-20)29-32-33-30(36(29)27-23(40-3)11-10-12-24(27)41-4)35(17-18-44(5,6)7)43(38,39)21(2)28(37)22-19-34-16-9-8-13-26(34)31-22/h8-16,19,21,28,37H,17-18H2,1-7H3. The summed E-state index contributed by atoms with van der Waals surface area (Å²) in [5.41, 5.74) is 1.25. The molecule has 5 aromatic rings. The Balaban J connectivity index is 1.70. The van der Waals surface area contributed by atoms with Crippen molar-refractivity contribution in [2.45, 2.75) is 50.9 Å². The van der Waals surface area contributed by atoms with Crippen molar-refractivity contribution in [2.24, 2.45) is 0 Å². The predicted octanol–water partition coefficient (Wildman–Crippen LogP) is 5.10. The first kappa shape index (κ1) is 31.3. The monoisotopic (exact) mass is 638 g/mol. The fraction of sp³-hybridized carbons (Fsp3) is 0.367. The van der Waals surface area contributed by atoms with Crippen molar-refractivity contribution < 1.29 is 27.4 Å². The maximum Gasteiger partial charge on any atom is 0.246 e. The number of aryl methyl sites for hydroxylation is 1. The molecule has 0 saturated carbocycles. The summed E-state index contributed by atoms with van der Waals surface area (Å²) in [4.78, 5) is 4.48. The summed E-state index contributed by atoms with van der Waals surface area (Å²) in [5, 5.41) is 19.0. The molecule has 12 nitrogen and oxygen atoms in total. The largest absolute Gasteiger partial charge is 0.494 e. The highest BCUT2D eigenvalue weighted by atomic mass is 32.2. The zero-order valence-electron chi connectivity index (χ0n) is 25.9. The van der Waals surface area contributed by atoms with Gasteiger partial charge in [-0.1, -0.05) is 31.8 Å². The Bertz CT molecular complexity index is 1820. The number of benzene rings is 1. The van der Waals surface area contributed by atoms with Crippen molar-refractivity contribution in [3.8, 4) is 28.8 Å². The van der Waals surface area contributed by atoms with Crippen LogP contribution in [0.4, 0.5) is 5.95 Å². The summed E-state index contributed by atoms with van der Waals surface area (Å²) in [6.07, 6.45) is 2.01. The average molecular weight is 639 g/mol. The van der Waals surface area contributed by atoms with E-state index < -0.39 is 29.5 Å². The molecule has 0 aliphatic rings. The van der Waals surface area contributed by atoms with Crippen molar-refractivity contribution in [3.63, 3.8) is 0 Å². The fourth-order valence-corrected chi connectivity index (χ4v) is 7.50. The molecule has 5 rings (SSSR count). The molecule has 2 atom stereocenters. The minimum absolute atomic E-state index is 0.0177. The molecule has 4 aromatic heterocycles. The summed E-state index contributed by atoms with van der Waals surface area (Å²) in [6, 6.07) is 14.9. The number of anilines is 1. The van der Waals surface area contributed by atoms with Gasteiger partial charge >= 0.3 is 0 Å². The molecule has 0 saturated heterocycles. The van der Waals surface area contributed by atoms with Gasteiger partial charge in [0.2, 0.25) is 21.8 Å². The molecule has 0 aliphatic carbocycles. The molecule has 4 heterocycles. The van der Waals surface area contributed by atoms with Gasteiger partial charge in [0.1, 0.15) is 39.9 Å². The minimum atomic E-state index is -4.27. The van der Waals surface area contributed by atoms with Gasteiger partial charge in [-0.05, 0) is 56.3 Å². The molecule has 14 heteroatoms. The van der Waals surface area contributed by atoms with Crippen LogP contribution in [0, 0.1) is 6.92 Å². The highest BCUT2D eigenvalue weighted by Gasteiger charge is 2.40. The number of pyridine rings is 1. The number of sulfonamides is 1. The normalized spacial score (nSPS) is 13.6.